The number of carbonyl (C=O) groups is 4. The van der Waals surface area contributed by atoms with Crippen molar-refractivity contribution in [1.29, 1.82) is 0 Å². The van der Waals surface area contributed by atoms with Gasteiger partial charge in [0.15, 0.2) is 0 Å². The average molecular weight is 497 g/mol. The zero-order valence-corrected chi connectivity index (χ0v) is 21.7. The van der Waals surface area contributed by atoms with Gasteiger partial charge >= 0.3 is 11.9 Å². The summed E-state index contributed by atoms with van der Waals surface area (Å²) >= 11 is 0. The molecular formula is C26H44N2O7. The summed E-state index contributed by atoms with van der Waals surface area (Å²) in [5.74, 6) is -1.80. The molecule has 5 atom stereocenters. The Balaban J connectivity index is 0. The first kappa shape index (κ1) is 34.2. The Morgan fingerprint density at radius 1 is 1.00 bits per heavy atom. The molecule has 5 unspecified atom stereocenters. The first-order chi connectivity index (χ1) is 16.7. The Kier molecular flexibility index (Phi) is 21.1. The molecule has 1 aliphatic carbocycles. The van der Waals surface area contributed by atoms with Crippen LogP contribution >= 0.6 is 0 Å². The molecule has 0 saturated heterocycles. The number of amides is 2. The first-order valence-electron chi connectivity index (χ1n) is 11.8. The fourth-order valence-electron chi connectivity index (χ4n) is 3.64. The quantitative estimate of drug-likeness (QED) is 0.227. The Labute approximate surface area is 210 Å². The van der Waals surface area contributed by atoms with E-state index in [1.165, 1.54) is 12.2 Å². The van der Waals surface area contributed by atoms with E-state index in [4.69, 9.17) is 14.3 Å². The summed E-state index contributed by atoms with van der Waals surface area (Å²) in [5.41, 5.74) is 4.17. The molecular weight excluding hydrogens is 452 g/mol. The summed E-state index contributed by atoms with van der Waals surface area (Å²) in [6.07, 6.45) is 8.07. The van der Waals surface area contributed by atoms with Crippen LogP contribution in [0.25, 0.3) is 0 Å². The van der Waals surface area contributed by atoms with Crippen LogP contribution in [0.4, 0.5) is 0 Å². The fourth-order valence-corrected chi connectivity index (χ4v) is 3.64. The van der Waals surface area contributed by atoms with Crippen molar-refractivity contribution in [2.45, 2.75) is 52.5 Å². The molecule has 9 heteroatoms. The first-order valence-corrected chi connectivity index (χ1v) is 11.8. The third-order valence-electron chi connectivity index (χ3n) is 5.66. The highest BCUT2D eigenvalue weighted by Gasteiger charge is 2.41. The lowest BCUT2D eigenvalue weighted by atomic mass is 9.84. The molecule has 1 fully saturated rings. The minimum Gasteiger partial charge on any atom is -0.461 e. The molecule has 0 heterocycles. The van der Waals surface area contributed by atoms with Crippen LogP contribution in [0, 0.1) is 23.7 Å². The molecule has 0 bridgehead atoms. The fraction of sp³-hybridized carbons (Fsp3) is 0.615. The number of rotatable bonds is 13. The molecule has 1 aliphatic rings. The van der Waals surface area contributed by atoms with Gasteiger partial charge in [0.25, 0.3) is 0 Å². The maximum atomic E-state index is 12.9. The maximum absolute atomic E-state index is 12.9. The highest BCUT2D eigenvalue weighted by atomic mass is 16.5. The predicted molar refractivity (Wildman–Crippen MR) is 136 cm³/mol. The monoisotopic (exact) mass is 496 g/mol. The summed E-state index contributed by atoms with van der Waals surface area (Å²) < 4.78 is 14.9. The lowest BCUT2D eigenvalue weighted by molar-refractivity contribution is -0.151. The highest BCUT2D eigenvalue weighted by Crippen LogP contribution is 2.38. The molecule has 2 amide bonds. The summed E-state index contributed by atoms with van der Waals surface area (Å²) in [7, 11) is 1.64. The smallest absolute Gasteiger partial charge is 0.329 e. The summed E-state index contributed by atoms with van der Waals surface area (Å²) in [4.78, 5) is 46.0. The zero-order chi connectivity index (χ0) is 27.2. The van der Waals surface area contributed by atoms with Crippen molar-refractivity contribution in [3.8, 4) is 0 Å². The van der Waals surface area contributed by atoms with Gasteiger partial charge < -0.3 is 25.3 Å². The number of esters is 2. The molecule has 1 saturated carbocycles. The number of nitrogens with two attached hydrogens (primary N) is 1. The van der Waals surface area contributed by atoms with Crippen LogP contribution in [0.3, 0.4) is 0 Å². The summed E-state index contributed by atoms with van der Waals surface area (Å²) in [5, 5.41) is 2.87. The number of methoxy groups -OCH3 is 1. The number of nitrogens with one attached hydrogen (secondary N) is 1. The molecule has 9 nitrogen and oxygen atoms in total. The molecule has 0 aromatic heterocycles. The van der Waals surface area contributed by atoms with E-state index in [2.05, 4.69) is 35.5 Å². The van der Waals surface area contributed by atoms with E-state index in [0.29, 0.717) is 13.0 Å². The third kappa shape index (κ3) is 14.1. The van der Waals surface area contributed by atoms with Gasteiger partial charge in [-0.25, -0.2) is 4.79 Å². The molecule has 0 aromatic rings. The van der Waals surface area contributed by atoms with Gasteiger partial charge in [-0.05, 0) is 24.7 Å². The number of primary amides is 1. The molecule has 0 aromatic carbocycles. The van der Waals surface area contributed by atoms with Crippen LogP contribution in [0.5, 0.6) is 0 Å². The van der Waals surface area contributed by atoms with Gasteiger partial charge in [0.1, 0.15) is 19.3 Å². The van der Waals surface area contributed by atoms with Crippen LogP contribution in [0.15, 0.2) is 38.0 Å². The van der Waals surface area contributed by atoms with Crippen molar-refractivity contribution in [3.05, 3.63) is 38.0 Å². The van der Waals surface area contributed by atoms with Gasteiger partial charge in [0.2, 0.25) is 12.3 Å². The van der Waals surface area contributed by atoms with Crippen molar-refractivity contribution in [1.82, 2.24) is 5.32 Å². The van der Waals surface area contributed by atoms with Crippen molar-refractivity contribution in [3.63, 3.8) is 0 Å². The van der Waals surface area contributed by atoms with E-state index in [1.807, 2.05) is 13.8 Å². The number of ether oxygens (including phenoxy) is 3. The molecule has 0 spiro atoms. The van der Waals surface area contributed by atoms with Crippen LogP contribution in [0.2, 0.25) is 0 Å². The molecule has 200 valence electrons. The summed E-state index contributed by atoms with van der Waals surface area (Å²) in [6, 6.07) is -0.702. The van der Waals surface area contributed by atoms with E-state index < -0.39 is 12.0 Å². The number of hydrogen-bond donors (Lipinski definition) is 2. The Hall–Kier alpha value is -2.94. The predicted octanol–water partition coefficient (Wildman–Crippen LogP) is 2.95. The second-order valence-corrected chi connectivity index (χ2v) is 8.08. The van der Waals surface area contributed by atoms with Crippen molar-refractivity contribution >= 4 is 24.3 Å². The Morgan fingerprint density at radius 3 is 1.94 bits per heavy atom. The highest BCUT2D eigenvalue weighted by molar-refractivity contribution is 5.87. The average Bonchev–Trinajstić information content (AvgIpc) is 3.34. The molecule has 1 rings (SSSR count). The molecule has 0 radical (unpaired) electrons. The third-order valence-corrected chi connectivity index (χ3v) is 5.66. The van der Waals surface area contributed by atoms with Gasteiger partial charge in [-0.3, -0.25) is 14.4 Å². The summed E-state index contributed by atoms with van der Waals surface area (Å²) in [6.45, 7) is 17.1. The second-order valence-electron chi connectivity index (χ2n) is 8.08. The van der Waals surface area contributed by atoms with Crippen LogP contribution < -0.4 is 11.1 Å². The van der Waals surface area contributed by atoms with E-state index in [1.54, 1.807) is 20.1 Å². The van der Waals surface area contributed by atoms with E-state index in [-0.39, 0.29) is 55.2 Å². The van der Waals surface area contributed by atoms with Crippen molar-refractivity contribution in [2.75, 3.05) is 26.9 Å². The molecule has 0 aliphatic heterocycles. The second kappa shape index (κ2) is 21.6. The lowest BCUT2D eigenvalue weighted by Gasteiger charge is -2.27. The lowest BCUT2D eigenvalue weighted by Crippen LogP contribution is -2.49. The zero-order valence-electron chi connectivity index (χ0n) is 21.7. The largest absolute Gasteiger partial charge is 0.461 e. The van der Waals surface area contributed by atoms with Crippen molar-refractivity contribution < 1.29 is 33.4 Å². The van der Waals surface area contributed by atoms with E-state index >= 15 is 0 Å². The number of hydrogen-bond acceptors (Lipinski definition) is 7. The topological polar surface area (TPSA) is 134 Å². The van der Waals surface area contributed by atoms with Crippen LogP contribution in [-0.4, -0.2) is 57.2 Å². The minimum absolute atomic E-state index is 0.0545. The minimum atomic E-state index is -0.702. The van der Waals surface area contributed by atoms with E-state index in [9.17, 15) is 14.4 Å². The normalized spacial score (nSPS) is 18.5. The van der Waals surface area contributed by atoms with Gasteiger partial charge in [-0.2, -0.15) is 0 Å². The van der Waals surface area contributed by atoms with Gasteiger partial charge in [0, 0.05) is 13.0 Å². The Bertz CT molecular complexity index is 666. The number of carbonyl (C=O) groups excluding carboxylic acids is 4. The van der Waals surface area contributed by atoms with Crippen molar-refractivity contribution in [2.24, 2.45) is 29.4 Å². The molecule has 35 heavy (non-hydrogen) atoms. The standard InChI is InChI=1S/C21H33NO5.C4H8O.CH3NO/c1-6-12-26-20(24)15(5)16-10-9-11-17(16)19(23)22-18(14(4)8-3)21(25)27-13-7-2;1-3-4-5-2;2-1-3/h6-7,14-18H,1-2,8-13H2,3-5H3,(H,22,23);3H,1,4H2,2H3;1H,(H2,2,3). The van der Waals surface area contributed by atoms with E-state index in [0.717, 1.165) is 19.3 Å². The van der Waals surface area contributed by atoms with Gasteiger partial charge in [0.05, 0.1) is 12.5 Å². The molecule has 3 N–H and O–H groups in total. The van der Waals surface area contributed by atoms with Crippen LogP contribution in [0.1, 0.15) is 46.5 Å². The Morgan fingerprint density at radius 2 is 1.51 bits per heavy atom. The maximum Gasteiger partial charge on any atom is 0.329 e. The SMILES string of the molecule is C=CCOC.C=CCOC(=O)C(C)C1CCCC1C(=O)NC(C(=O)OCC=C)C(C)CC.NC=O. The van der Waals surface area contributed by atoms with Gasteiger partial charge in [-0.15, -0.1) is 6.58 Å². The van der Waals surface area contributed by atoms with Gasteiger partial charge in [-0.1, -0.05) is 65.0 Å². The van der Waals surface area contributed by atoms with Crippen LogP contribution in [-0.2, 0) is 33.4 Å².